The van der Waals surface area contributed by atoms with Crippen molar-refractivity contribution in [2.45, 2.75) is 38.5 Å². The highest BCUT2D eigenvalue weighted by molar-refractivity contribution is 5.81. The number of aryl methyl sites for hydroxylation is 1. The van der Waals surface area contributed by atoms with E-state index in [1.54, 1.807) is 24.3 Å². The Balaban J connectivity index is 1.61. The monoisotopic (exact) mass is 407 g/mol. The number of hydrogen-bond acceptors (Lipinski definition) is 4. The van der Waals surface area contributed by atoms with Gasteiger partial charge in [0.25, 0.3) is 5.56 Å². The molecule has 0 bridgehead atoms. The lowest BCUT2D eigenvalue weighted by molar-refractivity contribution is -0.122. The molecule has 1 fully saturated rings. The van der Waals surface area contributed by atoms with Crippen LogP contribution in [-0.2, 0) is 29.0 Å². The Bertz CT molecular complexity index is 1140. The Morgan fingerprint density at radius 3 is 2.57 bits per heavy atom. The molecule has 1 amide bonds. The van der Waals surface area contributed by atoms with E-state index in [0.29, 0.717) is 23.9 Å². The van der Waals surface area contributed by atoms with Crippen LogP contribution in [0.3, 0.4) is 0 Å². The molecule has 1 atom stereocenters. The molecule has 1 aliphatic heterocycles. The van der Waals surface area contributed by atoms with Gasteiger partial charge < -0.3 is 10.1 Å². The molecule has 0 radical (unpaired) electrons. The van der Waals surface area contributed by atoms with Crippen LogP contribution in [0.2, 0.25) is 0 Å². The quantitative estimate of drug-likeness (QED) is 0.646. The standard InChI is InChI=1S/C23H25N3O4/c27-21(24-15-18-9-6-14-30-18)16-26-20-11-5-4-10-19(20)22(28)25(23(26)29)13-12-17-7-2-1-3-8-17/h1-5,7-8,10-11,18H,6,9,12-16H2,(H,24,27). The smallest absolute Gasteiger partial charge is 0.331 e. The van der Waals surface area contributed by atoms with Crippen molar-refractivity contribution >= 4 is 16.8 Å². The molecule has 1 aliphatic rings. The summed E-state index contributed by atoms with van der Waals surface area (Å²) in [6.07, 6.45) is 2.51. The zero-order valence-corrected chi connectivity index (χ0v) is 16.8. The van der Waals surface area contributed by atoms with Gasteiger partial charge in [-0.3, -0.25) is 18.7 Å². The SMILES string of the molecule is O=C(Cn1c(=O)n(CCc2ccccc2)c(=O)c2ccccc21)NCC1CCCO1. The van der Waals surface area contributed by atoms with E-state index in [0.717, 1.165) is 25.0 Å². The molecule has 4 rings (SSSR count). The Labute approximate surface area is 173 Å². The number of aromatic nitrogens is 2. The molecular formula is C23H25N3O4. The maximum Gasteiger partial charge on any atom is 0.331 e. The molecule has 0 spiro atoms. The molecule has 30 heavy (non-hydrogen) atoms. The molecule has 7 heteroatoms. The molecule has 1 saturated heterocycles. The first-order chi connectivity index (χ1) is 14.6. The maximum atomic E-state index is 13.1. The van der Waals surface area contributed by atoms with Gasteiger partial charge in [-0.2, -0.15) is 0 Å². The lowest BCUT2D eigenvalue weighted by Crippen LogP contribution is -2.43. The van der Waals surface area contributed by atoms with Gasteiger partial charge in [0, 0.05) is 19.7 Å². The molecule has 0 saturated carbocycles. The first-order valence-electron chi connectivity index (χ1n) is 10.3. The summed E-state index contributed by atoms with van der Waals surface area (Å²) in [6.45, 7) is 1.26. The highest BCUT2D eigenvalue weighted by atomic mass is 16.5. The van der Waals surface area contributed by atoms with Crippen molar-refractivity contribution in [3.63, 3.8) is 0 Å². The fraction of sp³-hybridized carbons (Fsp3) is 0.348. The third kappa shape index (κ3) is 4.36. The van der Waals surface area contributed by atoms with Crippen molar-refractivity contribution in [2.75, 3.05) is 13.2 Å². The second-order valence-electron chi connectivity index (χ2n) is 7.52. The van der Waals surface area contributed by atoms with E-state index in [4.69, 9.17) is 4.74 Å². The number of benzene rings is 2. The van der Waals surface area contributed by atoms with Gasteiger partial charge >= 0.3 is 5.69 Å². The number of rotatable bonds is 7. The second kappa shape index (κ2) is 9.09. The number of para-hydroxylation sites is 1. The average molecular weight is 407 g/mol. The topological polar surface area (TPSA) is 82.3 Å². The number of ether oxygens (including phenoxy) is 1. The van der Waals surface area contributed by atoms with Crippen LogP contribution in [-0.4, -0.2) is 34.3 Å². The minimum Gasteiger partial charge on any atom is -0.376 e. The first kappa shape index (κ1) is 20.1. The number of amides is 1. The van der Waals surface area contributed by atoms with E-state index in [1.807, 2.05) is 30.3 Å². The van der Waals surface area contributed by atoms with E-state index < -0.39 is 5.69 Å². The molecule has 156 valence electrons. The summed E-state index contributed by atoms with van der Waals surface area (Å²) in [6, 6.07) is 16.6. The fourth-order valence-corrected chi connectivity index (χ4v) is 3.84. The Morgan fingerprint density at radius 1 is 1.03 bits per heavy atom. The molecule has 1 aromatic heterocycles. The summed E-state index contributed by atoms with van der Waals surface area (Å²) < 4.78 is 8.13. The number of carbonyl (C=O) groups is 1. The second-order valence-corrected chi connectivity index (χ2v) is 7.52. The summed E-state index contributed by atoms with van der Waals surface area (Å²) in [5.41, 5.74) is 0.706. The summed E-state index contributed by atoms with van der Waals surface area (Å²) in [4.78, 5) is 38.6. The fourth-order valence-electron chi connectivity index (χ4n) is 3.84. The molecule has 0 aliphatic carbocycles. The van der Waals surface area contributed by atoms with E-state index >= 15 is 0 Å². The van der Waals surface area contributed by atoms with Gasteiger partial charge in [0.2, 0.25) is 5.91 Å². The van der Waals surface area contributed by atoms with Crippen LogP contribution >= 0.6 is 0 Å². The van der Waals surface area contributed by atoms with Crippen molar-refractivity contribution in [3.8, 4) is 0 Å². The van der Waals surface area contributed by atoms with Crippen molar-refractivity contribution in [1.29, 1.82) is 0 Å². The number of carbonyl (C=O) groups excluding carboxylic acids is 1. The summed E-state index contributed by atoms with van der Waals surface area (Å²) >= 11 is 0. The molecule has 1 unspecified atom stereocenters. The van der Waals surface area contributed by atoms with E-state index in [1.165, 1.54) is 9.13 Å². The molecule has 3 aromatic rings. The number of nitrogens with zero attached hydrogens (tertiary/aromatic N) is 2. The van der Waals surface area contributed by atoms with Crippen LogP contribution in [0.4, 0.5) is 0 Å². The van der Waals surface area contributed by atoms with E-state index in [9.17, 15) is 14.4 Å². The Kier molecular flexibility index (Phi) is 6.09. The highest BCUT2D eigenvalue weighted by Crippen LogP contribution is 2.11. The summed E-state index contributed by atoms with van der Waals surface area (Å²) in [7, 11) is 0. The minimum absolute atomic E-state index is 0.0299. The zero-order valence-electron chi connectivity index (χ0n) is 16.8. The predicted octanol–water partition coefficient (Wildman–Crippen LogP) is 1.70. The van der Waals surface area contributed by atoms with Crippen LogP contribution in [0, 0.1) is 0 Å². The van der Waals surface area contributed by atoms with Crippen LogP contribution in [0.5, 0.6) is 0 Å². The van der Waals surface area contributed by atoms with Crippen molar-refractivity contribution in [3.05, 3.63) is 81.0 Å². The average Bonchev–Trinajstić information content (AvgIpc) is 3.30. The van der Waals surface area contributed by atoms with Gasteiger partial charge in [-0.25, -0.2) is 4.79 Å². The predicted molar refractivity (Wildman–Crippen MR) is 115 cm³/mol. The van der Waals surface area contributed by atoms with Gasteiger partial charge in [0.15, 0.2) is 0 Å². The van der Waals surface area contributed by atoms with Crippen LogP contribution in [0.1, 0.15) is 18.4 Å². The molecule has 7 nitrogen and oxygen atoms in total. The Morgan fingerprint density at radius 2 is 1.80 bits per heavy atom. The third-order valence-electron chi connectivity index (χ3n) is 5.45. The lowest BCUT2D eigenvalue weighted by atomic mass is 10.1. The molecule has 1 N–H and O–H groups in total. The Hall–Kier alpha value is -3.19. The zero-order chi connectivity index (χ0) is 20.9. The number of hydrogen-bond donors (Lipinski definition) is 1. The number of nitrogens with one attached hydrogen (secondary N) is 1. The van der Waals surface area contributed by atoms with E-state index in [-0.39, 0.29) is 30.7 Å². The molecular weight excluding hydrogens is 382 g/mol. The third-order valence-corrected chi connectivity index (χ3v) is 5.45. The van der Waals surface area contributed by atoms with Crippen molar-refractivity contribution < 1.29 is 9.53 Å². The summed E-state index contributed by atoms with van der Waals surface area (Å²) in [5.74, 6) is -0.272. The van der Waals surface area contributed by atoms with E-state index in [2.05, 4.69) is 5.32 Å². The van der Waals surface area contributed by atoms with Crippen LogP contribution < -0.4 is 16.6 Å². The lowest BCUT2D eigenvalue weighted by Gasteiger charge is -2.15. The van der Waals surface area contributed by atoms with Gasteiger partial charge in [0.05, 0.1) is 17.0 Å². The maximum absolute atomic E-state index is 13.1. The first-order valence-corrected chi connectivity index (χ1v) is 10.3. The minimum atomic E-state index is -0.470. The molecule has 2 aromatic carbocycles. The largest absolute Gasteiger partial charge is 0.376 e. The number of fused-ring (bicyclic) bond motifs is 1. The van der Waals surface area contributed by atoms with Gasteiger partial charge in [-0.15, -0.1) is 0 Å². The van der Waals surface area contributed by atoms with Gasteiger partial charge in [0.1, 0.15) is 6.54 Å². The van der Waals surface area contributed by atoms with Gasteiger partial charge in [-0.05, 0) is 37.0 Å². The molecule has 2 heterocycles. The normalized spacial score (nSPS) is 16.1. The van der Waals surface area contributed by atoms with Crippen LogP contribution in [0.25, 0.3) is 10.9 Å². The van der Waals surface area contributed by atoms with Crippen LogP contribution in [0.15, 0.2) is 64.2 Å². The van der Waals surface area contributed by atoms with Crippen molar-refractivity contribution in [1.82, 2.24) is 14.5 Å². The van der Waals surface area contributed by atoms with Crippen molar-refractivity contribution in [2.24, 2.45) is 0 Å². The summed E-state index contributed by atoms with van der Waals surface area (Å²) in [5, 5.41) is 3.27. The van der Waals surface area contributed by atoms with Gasteiger partial charge in [-0.1, -0.05) is 42.5 Å². The highest BCUT2D eigenvalue weighted by Gasteiger charge is 2.18.